The molecule has 80 valence electrons. The quantitative estimate of drug-likeness (QED) is 0.588. The molecule has 0 unspecified atom stereocenters. The van der Waals surface area contributed by atoms with E-state index >= 15 is 0 Å². The maximum absolute atomic E-state index is 5.47. The Labute approximate surface area is 103 Å². The van der Waals surface area contributed by atoms with E-state index in [1.807, 2.05) is 11.1 Å². The van der Waals surface area contributed by atoms with Crippen LogP contribution >= 0.6 is 12.2 Å². The van der Waals surface area contributed by atoms with Crippen LogP contribution in [-0.4, -0.2) is 37.5 Å². The number of hydrogen-bond acceptors (Lipinski definition) is 4. The van der Waals surface area contributed by atoms with Gasteiger partial charge in [0.05, 0.1) is 0 Å². The molecule has 4 nitrogen and oxygen atoms in total. The summed E-state index contributed by atoms with van der Waals surface area (Å²) in [5.41, 5.74) is 0. The van der Waals surface area contributed by atoms with Gasteiger partial charge >= 0.3 is 103 Å². The summed E-state index contributed by atoms with van der Waals surface area (Å²) in [6.07, 6.45) is 3.50. The SMILES string of the molecule is S=c1c2ccccc2[se]n1N1C=NN=CC1. The number of fused-ring (bicyclic) bond motifs is 1. The van der Waals surface area contributed by atoms with Crippen molar-refractivity contribution in [1.82, 2.24) is 3.67 Å². The van der Waals surface area contributed by atoms with Crippen molar-refractivity contribution in [2.45, 2.75) is 0 Å². The minimum atomic E-state index is 0.213. The fourth-order valence-corrected chi connectivity index (χ4v) is 4.24. The first-order chi connectivity index (χ1) is 7.86. The number of rotatable bonds is 1. The fourth-order valence-electron chi connectivity index (χ4n) is 1.55. The molecule has 6 heteroatoms. The summed E-state index contributed by atoms with van der Waals surface area (Å²) >= 11 is 5.68. The third kappa shape index (κ3) is 1.55. The van der Waals surface area contributed by atoms with E-state index in [0.29, 0.717) is 0 Å². The van der Waals surface area contributed by atoms with Crippen molar-refractivity contribution >= 4 is 49.2 Å². The van der Waals surface area contributed by atoms with E-state index in [1.165, 1.54) is 9.65 Å². The Balaban J connectivity index is 2.17. The van der Waals surface area contributed by atoms with Crippen LogP contribution in [0.5, 0.6) is 0 Å². The molecule has 1 aliphatic heterocycles. The van der Waals surface area contributed by atoms with Gasteiger partial charge in [0, 0.05) is 0 Å². The standard InChI is InChI=1S/C10H8N4SSe/c15-10-8-3-1-2-4-9(8)16-14(10)13-6-5-11-12-7-13/h1-5,7H,6H2. The molecular formula is C10H8N4SSe. The molecule has 0 radical (unpaired) electrons. The van der Waals surface area contributed by atoms with Crippen LogP contribution in [0.3, 0.4) is 0 Å². The van der Waals surface area contributed by atoms with Crippen LogP contribution in [0.1, 0.15) is 0 Å². The number of aromatic nitrogens is 1. The average Bonchev–Trinajstić information content (AvgIpc) is 2.69. The number of nitrogens with zero attached hydrogens (tertiary/aromatic N) is 4. The first kappa shape index (κ1) is 9.96. The Morgan fingerprint density at radius 3 is 2.88 bits per heavy atom. The third-order valence-electron chi connectivity index (χ3n) is 2.31. The zero-order valence-electron chi connectivity index (χ0n) is 8.28. The summed E-state index contributed by atoms with van der Waals surface area (Å²) in [6.45, 7) is 0.735. The molecule has 0 saturated carbocycles. The molecule has 2 heterocycles. The van der Waals surface area contributed by atoms with Crippen molar-refractivity contribution < 1.29 is 0 Å². The van der Waals surface area contributed by atoms with Crippen molar-refractivity contribution in [2.24, 2.45) is 10.2 Å². The van der Waals surface area contributed by atoms with Crippen LogP contribution in [0.15, 0.2) is 34.5 Å². The second-order valence-electron chi connectivity index (χ2n) is 3.32. The summed E-state index contributed by atoms with van der Waals surface area (Å²) < 4.78 is 4.33. The van der Waals surface area contributed by atoms with Crippen molar-refractivity contribution in [1.29, 1.82) is 0 Å². The van der Waals surface area contributed by atoms with E-state index in [9.17, 15) is 0 Å². The van der Waals surface area contributed by atoms with Gasteiger partial charge in [0.2, 0.25) is 0 Å². The van der Waals surface area contributed by atoms with Gasteiger partial charge in [0.1, 0.15) is 0 Å². The summed E-state index contributed by atoms with van der Waals surface area (Å²) in [6, 6.07) is 8.29. The molecule has 0 spiro atoms. The van der Waals surface area contributed by atoms with Crippen molar-refractivity contribution in [3.63, 3.8) is 0 Å². The van der Waals surface area contributed by atoms with E-state index in [2.05, 4.69) is 32.1 Å². The molecule has 0 saturated heterocycles. The first-order valence-electron chi connectivity index (χ1n) is 4.79. The number of hydrogen-bond donors (Lipinski definition) is 0. The fraction of sp³-hybridized carbons (Fsp3) is 0.100. The van der Waals surface area contributed by atoms with E-state index < -0.39 is 0 Å². The zero-order chi connectivity index (χ0) is 11.0. The molecule has 1 aromatic carbocycles. The second-order valence-corrected chi connectivity index (χ2v) is 5.73. The predicted octanol–water partition coefficient (Wildman–Crippen LogP) is 1.39. The van der Waals surface area contributed by atoms with Gasteiger partial charge in [0.15, 0.2) is 0 Å². The van der Waals surface area contributed by atoms with E-state index in [-0.39, 0.29) is 14.7 Å². The molecule has 1 aromatic heterocycles. The molecule has 3 rings (SSSR count). The Kier molecular flexibility index (Phi) is 2.47. The zero-order valence-corrected chi connectivity index (χ0v) is 10.8. The second kappa shape index (κ2) is 3.97. The van der Waals surface area contributed by atoms with E-state index in [4.69, 9.17) is 12.2 Å². The molecule has 0 aliphatic carbocycles. The van der Waals surface area contributed by atoms with E-state index in [1.54, 1.807) is 12.6 Å². The van der Waals surface area contributed by atoms with Crippen molar-refractivity contribution in [2.75, 3.05) is 11.6 Å². The molecule has 0 fully saturated rings. The van der Waals surface area contributed by atoms with Gasteiger partial charge < -0.3 is 0 Å². The van der Waals surface area contributed by atoms with Crippen molar-refractivity contribution in [3.05, 3.63) is 28.9 Å². The Morgan fingerprint density at radius 1 is 1.25 bits per heavy atom. The Morgan fingerprint density at radius 2 is 2.12 bits per heavy atom. The van der Waals surface area contributed by atoms with Gasteiger partial charge in [-0.3, -0.25) is 0 Å². The molecule has 0 amide bonds. The molecular weight excluding hydrogens is 287 g/mol. The average molecular weight is 295 g/mol. The summed E-state index contributed by atoms with van der Waals surface area (Å²) in [5.74, 6) is 0. The molecule has 16 heavy (non-hydrogen) atoms. The third-order valence-corrected chi connectivity index (χ3v) is 5.31. The summed E-state index contributed by atoms with van der Waals surface area (Å²) in [5, 5.41) is 10.9. The van der Waals surface area contributed by atoms with Crippen LogP contribution in [-0.2, 0) is 0 Å². The predicted molar refractivity (Wildman–Crippen MR) is 69.8 cm³/mol. The van der Waals surface area contributed by atoms with Gasteiger partial charge in [0.25, 0.3) is 0 Å². The topological polar surface area (TPSA) is 32.9 Å². The molecule has 1 aliphatic rings. The van der Waals surface area contributed by atoms with Crippen molar-refractivity contribution in [3.8, 4) is 0 Å². The monoisotopic (exact) mass is 296 g/mol. The normalized spacial score (nSPS) is 14.9. The Bertz CT molecular complexity index is 640. The summed E-state index contributed by atoms with van der Waals surface area (Å²) in [4.78, 5) is 0. The molecule has 0 atom stereocenters. The minimum absolute atomic E-state index is 0.213. The van der Waals surface area contributed by atoms with Gasteiger partial charge in [-0.15, -0.1) is 0 Å². The molecule has 2 aromatic rings. The molecule has 0 bridgehead atoms. The summed E-state index contributed by atoms with van der Waals surface area (Å²) in [7, 11) is 0. The van der Waals surface area contributed by atoms with Crippen LogP contribution < -0.4 is 5.01 Å². The van der Waals surface area contributed by atoms with Gasteiger partial charge in [-0.05, 0) is 0 Å². The van der Waals surface area contributed by atoms with Crippen LogP contribution in [0.25, 0.3) is 9.65 Å². The Hall–Kier alpha value is -1.23. The van der Waals surface area contributed by atoms with Crippen LogP contribution in [0, 0.1) is 4.64 Å². The van der Waals surface area contributed by atoms with Crippen LogP contribution in [0.4, 0.5) is 0 Å². The van der Waals surface area contributed by atoms with Gasteiger partial charge in [-0.25, -0.2) is 0 Å². The van der Waals surface area contributed by atoms with Gasteiger partial charge in [-0.1, -0.05) is 0 Å². The number of benzene rings is 1. The molecule has 0 N–H and O–H groups in total. The van der Waals surface area contributed by atoms with Crippen LogP contribution in [0.2, 0.25) is 0 Å². The first-order valence-corrected chi connectivity index (χ1v) is 6.82. The maximum atomic E-state index is 5.47. The van der Waals surface area contributed by atoms with E-state index in [0.717, 1.165) is 11.2 Å². The van der Waals surface area contributed by atoms with Gasteiger partial charge in [-0.2, -0.15) is 0 Å².